The van der Waals surface area contributed by atoms with Crippen molar-refractivity contribution in [2.24, 2.45) is 0 Å². The van der Waals surface area contributed by atoms with Crippen molar-refractivity contribution >= 4 is 0 Å². The standard InChI is InChI=1S/C13H16O3/c1-3-7-15-13-6-4-5-12(14-2)11(13)8-10-9-16-10/h3-6,10H,1,7-9H2,2H3. The number of methoxy groups -OCH3 is 1. The second-order valence-electron chi connectivity index (χ2n) is 3.70. The quantitative estimate of drug-likeness (QED) is 0.544. The maximum atomic E-state index is 5.60. The Morgan fingerprint density at radius 3 is 2.88 bits per heavy atom. The van der Waals surface area contributed by atoms with Crippen LogP contribution in [-0.4, -0.2) is 26.4 Å². The summed E-state index contributed by atoms with van der Waals surface area (Å²) < 4.78 is 16.2. The summed E-state index contributed by atoms with van der Waals surface area (Å²) in [6.07, 6.45) is 2.90. The van der Waals surface area contributed by atoms with Gasteiger partial charge in [0.1, 0.15) is 18.1 Å². The van der Waals surface area contributed by atoms with Crippen LogP contribution in [0.1, 0.15) is 5.56 Å². The molecule has 1 aliphatic heterocycles. The fraction of sp³-hybridized carbons (Fsp3) is 0.385. The van der Waals surface area contributed by atoms with Crippen molar-refractivity contribution in [2.45, 2.75) is 12.5 Å². The van der Waals surface area contributed by atoms with Crippen molar-refractivity contribution in [2.75, 3.05) is 20.3 Å². The molecule has 2 rings (SSSR count). The van der Waals surface area contributed by atoms with Crippen LogP contribution in [-0.2, 0) is 11.2 Å². The predicted molar refractivity (Wildman–Crippen MR) is 62.1 cm³/mol. The normalized spacial score (nSPS) is 17.9. The molecule has 1 atom stereocenters. The van der Waals surface area contributed by atoms with E-state index in [1.165, 1.54) is 0 Å². The molecule has 1 aromatic rings. The summed E-state index contributed by atoms with van der Waals surface area (Å²) in [7, 11) is 1.67. The molecule has 1 heterocycles. The van der Waals surface area contributed by atoms with Crippen molar-refractivity contribution in [3.8, 4) is 11.5 Å². The molecule has 16 heavy (non-hydrogen) atoms. The van der Waals surface area contributed by atoms with Gasteiger partial charge in [-0.3, -0.25) is 0 Å². The van der Waals surface area contributed by atoms with Gasteiger partial charge in [-0.05, 0) is 12.1 Å². The number of hydrogen-bond acceptors (Lipinski definition) is 3. The van der Waals surface area contributed by atoms with Crippen LogP contribution in [0.25, 0.3) is 0 Å². The molecule has 0 aliphatic carbocycles. The first-order valence-electron chi connectivity index (χ1n) is 5.36. The molecule has 3 heteroatoms. The Hall–Kier alpha value is -1.48. The van der Waals surface area contributed by atoms with E-state index in [0.29, 0.717) is 12.7 Å². The molecule has 0 bridgehead atoms. The van der Waals surface area contributed by atoms with Crippen LogP contribution < -0.4 is 9.47 Å². The molecule has 1 aliphatic rings. The zero-order chi connectivity index (χ0) is 11.4. The van der Waals surface area contributed by atoms with Gasteiger partial charge in [0.2, 0.25) is 0 Å². The summed E-state index contributed by atoms with van der Waals surface area (Å²) in [4.78, 5) is 0. The first kappa shape index (κ1) is 11.0. The van der Waals surface area contributed by atoms with E-state index >= 15 is 0 Å². The fourth-order valence-electron chi connectivity index (χ4n) is 1.64. The lowest BCUT2D eigenvalue weighted by Gasteiger charge is -2.13. The maximum absolute atomic E-state index is 5.60. The van der Waals surface area contributed by atoms with Gasteiger partial charge in [-0.15, -0.1) is 0 Å². The molecule has 0 saturated carbocycles. The Balaban J connectivity index is 2.21. The molecule has 0 aromatic heterocycles. The molecular formula is C13H16O3. The van der Waals surface area contributed by atoms with Gasteiger partial charge >= 0.3 is 0 Å². The van der Waals surface area contributed by atoms with Gasteiger partial charge in [0.05, 0.1) is 19.8 Å². The van der Waals surface area contributed by atoms with Crippen molar-refractivity contribution in [1.82, 2.24) is 0 Å². The largest absolute Gasteiger partial charge is 0.496 e. The van der Waals surface area contributed by atoms with Gasteiger partial charge in [0.15, 0.2) is 0 Å². The Morgan fingerprint density at radius 2 is 2.25 bits per heavy atom. The van der Waals surface area contributed by atoms with E-state index in [2.05, 4.69) is 6.58 Å². The van der Waals surface area contributed by atoms with Gasteiger partial charge in [-0.2, -0.15) is 0 Å². The van der Waals surface area contributed by atoms with Crippen LogP contribution in [0.15, 0.2) is 30.9 Å². The van der Waals surface area contributed by atoms with Crippen LogP contribution >= 0.6 is 0 Å². The Morgan fingerprint density at radius 1 is 1.50 bits per heavy atom. The Labute approximate surface area is 95.6 Å². The highest BCUT2D eigenvalue weighted by atomic mass is 16.6. The Bertz CT molecular complexity index is 369. The van der Waals surface area contributed by atoms with Crippen LogP contribution in [0.2, 0.25) is 0 Å². The highest BCUT2D eigenvalue weighted by Crippen LogP contribution is 2.32. The van der Waals surface area contributed by atoms with E-state index in [4.69, 9.17) is 14.2 Å². The van der Waals surface area contributed by atoms with E-state index in [0.717, 1.165) is 30.1 Å². The molecule has 1 unspecified atom stereocenters. The highest BCUT2D eigenvalue weighted by molar-refractivity contribution is 5.45. The summed E-state index contributed by atoms with van der Waals surface area (Å²) >= 11 is 0. The average molecular weight is 220 g/mol. The van der Waals surface area contributed by atoms with Crippen LogP contribution in [0.3, 0.4) is 0 Å². The molecule has 0 radical (unpaired) electrons. The molecule has 0 amide bonds. The topological polar surface area (TPSA) is 31.0 Å². The first-order chi connectivity index (χ1) is 7.85. The minimum absolute atomic E-state index is 0.322. The van der Waals surface area contributed by atoms with Gasteiger partial charge in [0.25, 0.3) is 0 Å². The van der Waals surface area contributed by atoms with E-state index in [1.54, 1.807) is 13.2 Å². The van der Waals surface area contributed by atoms with Crippen molar-refractivity contribution in [3.05, 3.63) is 36.4 Å². The third-order valence-electron chi connectivity index (χ3n) is 2.50. The summed E-state index contributed by atoms with van der Waals surface area (Å²) in [5.74, 6) is 1.71. The number of benzene rings is 1. The third-order valence-corrected chi connectivity index (χ3v) is 2.50. The molecule has 3 nitrogen and oxygen atoms in total. The second-order valence-corrected chi connectivity index (χ2v) is 3.70. The number of rotatable bonds is 6. The minimum Gasteiger partial charge on any atom is -0.496 e. The maximum Gasteiger partial charge on any atom is 0.126 e. The highest BCUT2D eigenvalue weighted by Gasteiger charge is 2.26. The lowest BCUT2D eigenvalue weighted by molar-refractivity contribution is 0.344. The minimum atomic E-state index is 0.322. The molecule has 1 saturated heterocycles. The Kier molecular flexibility index (Phi) is 3.47. The van der Waals surface area contributed by atoms with Gasteiger partial charge < -0.3 is 14.2 Å². The lowest BCUT2D eigenvalue weighted by atomic mass is 10.1. The number of hydrogen-bond donors (Lipinski definition) is 0. The first-order valence-corrected chi connectivity index (χ1v) is 5.36. The summed E-state index contributed by atoms with van der Waals surface area (Å²) in [5, 5.41) is 0. The summed E-state index contributed by atoms with van der Waals surface area (Å²) in [6, 6.07) is 5.82. The average Bonchev–Trinajstić information content (AvgIpc) is 3.11. The number of epoxide rings is 1. The smallest absolute Gasteiger partial charge is 0.126 e. The second kappa shape index (κ2) is 5.03. The molecule has 1 aromatic carbocycles. The molecule has 1 fully saturated rings. The van der Waals surface area contributed by atoms with Gasteiger partial charge in [-0.25, -0.2) is 0 Å². The van der Waals surface area contributed by atoms with Crippen molar-refractivity contribution in [3.63, 3.8) is 0 Å². The zero-order valence-electron chi connectivity index (χ0n) is 9.44. The van der Waals surface area contributed by atoms with E-state index < -0.39 is 0 Å². The summed E-state index contributed by atoms with van der Waals surface area (Å²) in [6.45, 7) is 4.98. The SMILES string of the molecule is C=CCOc1cccc(OC)c1CC1CO1. The number of ether oxygens (including phenoxy) is 3. The lowest BCUT2D eigenvalue weighted by Crippen LogP contribution is -2.03. The van der Waals surface area contributed by atoms with Crippen LogP contribution in [0.4, 0.5) is 0 Å². The third kappa shape index (κ3) is 2.55. The van der Waals surface area contributed by atoms with Gasteiger partial charge in [0, 0.05) is 12.0 Å². The van der Waals surface area contributed by atoms with E-state index in [1.807, 2.05) is 18.2 Å². The van der Waals surface area contributed by atoms with E-state index in [9.17, 15) is 0 Å². The van der Waals surface area contributed by atoms with Crippen LogP contribution in [0, 0.1) is 0 Å². The van der Waals surface area contributed by atoms with Crippen LogP contribution in [0.5, 0.6) is 11.5 Å². The molecule has 0 N–H and O–H groups in total. The van der Waals surface area contributed by atoms with Gasteiger partial charge in [-0.1, -0.05) is 18.7 Å². The van der Waals surface area contributed by atoms with Crippen molar-refractivity contribution < 1.29 is 14.2 Å². The molecule has 0 spiro atoms. The fourth-order valence-corrected chi connectivity index (χ4v) is 1.64. The predicted octanol–water partition coefficient (Wildman–Crippen LogP) is 2.20. The zero-order valence-corrected chi connectivity index (χ0v) is 9.44. The van der Waals surface area contributed by atoms with E-state index in [-0.39, 0.29) is 0 Å². The summed E-state index contributed by atoms with van der Waals surface area (Å²) in [5.41, 5.74) is 1.08. The van der Waals surface area contributed by atoms with Crippen molar-refractivity contribution in [1.29, 1.82) is 0 Å². The molecular weight excluding hydrogens is 204 g/mol. The molecule has 86 valence electrons. The monoisotopic (exact) mass is 220 g/mol.